The van der Waals surface area contributed by atoms with Crippen molar-refractivity contribution in [2.24, 2.45) is 0 Å². The van der Waals surface area contributed by atoms with E-state index in [-0.39, 0.29) is 5.91 Å². The third-order valence-electron chi connectivity index (χ3n) is 2.80. The average molecular weight is 267 g/mol. The molecular weight excluding hydrogens is 250 g/mol. The molecule has 1 fully saturated rings. The Kier molecular flexibility index (Phi) is 4.24. The molecule has 0 atom stereocenters. The Morgan fingerprint density at radius 2 is 1.94 bits per heavy atom. The van der Waals surface area contributed by atoms with Crippen LogP contribution < -0.4 is 16.8 Å². The van der Waals surface area contributed by atoms with Crippen molar-refractivity contribution >= 4 is 29.3 Å². The zero-order chi connectivity index (χ0) is 13.0. The SMILES string of the molecule is Nc1cc(N)nc(SCC(=O)NC2CCCC2)n1. The van der Waals surface area contributed by atoms with Crippen LogP contribution in [0.1, 0.15) is 25.7 Å². The first-order valence-electron chi connectivity index (χ1n) is 5.95. The zero-order valence-electron chi connectivity index (χ0n) is 10.1. The van der Waals surface area contributed by atoms with Crippen LogP contribution in [-0.4, -0.2) is 27.7 Å². The second kappa shape index (κ2) is 5.90. The number of nitrogens with two attached hydrogens (primary N) is 2. The van der Waals surface area contributed by atoms with Crippen LogP contribution >= 0.6 is 11.8 Å². The van der Waals surface area contributed by atoms with Crippen molar-refractivity contribution in [1.29, 1.82) is 0 Å². The normalized spacial score (nSPS) is 15.8. The van der Waals surface area contributed by atoms with Gasteiger partial charge in [-0.25, -0.2) is 9.97 Å². The smallest absolute Gasteiger partial charge is 0.230 e. The van der Waals surface area contributed by atoms with Gasteiger partial charge in [0.05, 0.1) is 5.75 Å². The lowest BCUT2D eigenvalue weighted by Gasteiger charge is -2.11. The van der Waals surface area contributed by atoms with Crippen molar-refractivity contribution in [2.45, 2.75) is 36.9 Å². The van der Waals surface area contributed by atoms with Crippen LogP contribution in [0.15, 0.2) is 11.2 Å². The van der Waals surface area contributed by atoms with Gasteiger partial charge in [-0.05, 0) is 12.8 Å². The fraction of sp³-hybridized carbons (Fsp3) is 0.545. The Bertz CT molecular complexity index is 413. The monoisotopic (exact) mass is 267 g/mol. The van der Waals surface area contributed by atoms with Gasteiger partial charge in [-0.3, -0.25) is 4.79 Å². The first-order valence-corrected chi connectivity index (χ1v) is 6.94. The van der Waals surface area contributed by atoms with Gasteiger partial charge in [0.25, 0.3) is 0 Å². The molecule has 0 aliphatic heterocycles. The number of thioether (sulfide) groups is 1. The fourth-order valence-electron chi connectivity index (χ4n) is 2.00. The van der Waals surface area contributed by atoms with Crippen molar-refractivity contribution < 1.29 is 4.79 Å². The summed E-state index contributed by atoms with van der Waals surface area (Å²) in [7, 11) is 0. The maximum atomic E-state index is 11.7. The van der Waals surface area contributed by atoms with E-state index in [1.54, 1.807) is 0 Å². The lowest BCUT2D eigenvalue weighted by molar-refractivity contribution is -0.119. The molecule has 1 aliphatic rings. The summed E-state index contributed by atoms with van der Waals surface area (Å²) in [6.07, 6.45) is 4.57. The van der Waals surface area contributed by atoms with Crippen molar-refractivity contribution in [3.63, 3.8) is 0 Å². The fourth-order valence-corrected chi connectivity index (χ4v) is 2.68. The maximum absolute atomic E-state index is 11.7. The molecule has 1 saturated carbocycles. The van der Waals surface area contributed by atoms with Crippen LogP contribution in [0.3, 0.4) is 0 Å². The first-order chi connectivity index (χ1) is 8.63. The third-order valence-corrected chi connectivity index (χ3v) is 3.65. The highest BCUT2D eigenvalue weighted by molar-refractivity contribution is 7.99. The summed E-state index contributed by atoms with van der Waals surface area (Å²) in [5.41, 5.74) is 11.1. The van der Waals surface area contributed by atoms with Crippen molar-refractivity contribution in [3.8, 4) is 0 Å². The average Bonchev–Trinajstić information content (AvgIpc) is 2.78. The van der Waals surface area contributed by atoms with Crippen LogP contribution in [0.2, 0.25) is 0 Å². The molecular formula is C11H17N5OS. The predicted molar refractivity (Wildman–Crippen MR) is 72.0 cm³/mol. The Labute approximate surface area is 110 Å². The number of nitrogens with zero attached hydrogens (tertiary/aromatic N) is 2. The number of hydrogen-bond acceptors (Lipinski definition) is 6. The van der Waals surface area contributed by atoms with Gasteiger partial charge >= 0.3 is 0 Å². The van der Waals surface area contributed by atoms with Crippen LogP contribution in [0.25, 0.3) is 0 Å². The predicted octanol–water partition coefficient (Wildman–Crippen LogP) is 0.792. The van der Waals surface area contributed by atoms with E-state index in [2.05, 4.69) is 15.3 Å². The van der Waals surface area contributed by atoms with Gasteiger partial charge in [0.1, 0.15) is 11.6 Å². The van der Waals surface area contributed by atoms with E-state index >= 15 is 0 Å². The van der Waals surface area contributed by atoms with Gasteiger partial charge in [0, 0.05) is 12.1 Å². The molecule has 0 unspecified atom stereocenters. The molecule has 0 spiro atoms. The molecule has 98 valence electrons. The van der Waals surface area contributed by atoms with Gasteiger partial charge < -0.3 is 16.8 Å². The molecule has 5 N–H and O–H groups in total. The van der Waals surface area contributed by atoms with E-state index < -0.39 is 0 Å². The Morgan fingerprint density at radius 3 is 2.56 bits per heavy atom. The maximum Gasteiger partial charge on any atom is 0.230 e. The topological polar surface area (TPSA) is 107 Å². The molecule has 2 rings (SSSR count). The third kappa shape index (κ3) is 3.76. The summed E-state index contributed by atoms with van der Waals surface area (Å²) >= 11 is 1.25. The molecule has 1 amide bonds. The quantitative estimate of drug-likeness (QED) is 0.550. The van der Waals surface area contributed by atoms with Gasteiger partial charge in [-0.15, -0.1) is 0 Å². The Morgan fingerprint density at radius 1 is 1.33 bits per heavy atom. The van der Waals surface area contributed by atoms with Crippen LogP contribution in [0.4, 0.5) is 11.6 Å². The number of nitrogens with one attached hydrogen (secondary N) is 1. The highest BCUT2D eigenvalue weighted by Gasteiger charge is 2.17. The summed E-state index contributed by atoms with van der Waals surface area (Å²) in [6, 6.07) is 1.83. The Balaban J connectivity index is 1.81. The number of rotatable bonds is 4. The number of nitrogen functional groups attached to an aromatic ring is 2. The summed E-state index contributed by atoms with van der Waals surface area (Å²) in [4.78, 5) is 19.7. The highest BCUT2D eigenvalue weighted by Crippen LogP contribution is 2.19. The number of carbonyl (C=O) groups excluding carboxylic acids is 1. The lowest BCUT2D eigenvalue weighted by atomic mass is 10.2. The van der Waals surface area contributed by atoms with Crippen LogP contribution in [-0.2, 0) is 4.79 Å². The Hall–Kier alpha value is -1.50. The standard InChI is InChI=1S/C11H17N5OS/c12-8-5-9(13)16-11(15-8)18-6-10(17)14-7-3-1-2-4-7/h5,7H,1-4,6H2,(H,14,17)(H4,12,13,15,16). The molecule has 18 heavy (non-hydrogen) atoms. The number of carbonyl (C=O) groups is 1. The number of hydrogen-bond donors (Lipinski definition) is 3. The first kappa shape index (κ1) is 12.9. The molecule has 0 radical (unpaired) electrons. The largest absolute Gasteiger partial charge is 0.383 e. The second-order valence-corrected chi connectivity index (χ2v) is 5.28. The lowest BCUT2D eigenvalue weighted by Crippen LogP contribution is -2.33. The van der Waals surface area contributed by atoms with E-state index in [9.17, 15) is 4.79 Å². The van der Waals surface area contributed by atoms with Crippen molar-refractivity contribution in [3.05, 3.63) is 6.07 Å². The minimum Gasteiger partial charge on any atom is -0.383 e. The molecule has 7 heteroatoms. The van der Waals surface area contributed by atoms with E-state index in [0.29, 0.717) is 28.6 Å². The molecule has 1 heterocycles. The van der Waals surface area contributed by atoms with E-state index in [1.165, 1.54) is 30.7 Å². The molecule has 1 aromatic rings. The van der Waals surface area contributed by atoms with Crippen molar-refractivity contribution in [2.75, 3.05) is 17.2 Å². The van der Waals surface area contributed by atoms with Gasteiger partial charge in [0.2, 0.25) is 5.91 Å². The van der Waals surface area contributed by atoms with Gasteiger partial charge in [-0.2, -0.15) is 0 Å². The van der Waals surface area contributed by atoms with E-state index in [4.69, 9.17) is 11.5 Å². The van der Waals surface area contributed by atoms with E-state index in [1.807, 2.05) is 0 Å². The number of anilines is 2. The second-order valence-electron chi connectivity index (χ2n) is 4.34. The van der Waals surface area contributed by atoms with Crippen LogP contribution in [0.5, 0.6) is 0 Å². The highest BCUT2D eigenvalue weighted by atomic mass is 32.2. The van der Waals surface area contributed by atoms with Gasteiger partial charge in [0.15, 0.2) is 5.16 Å². The molecule has 1 aliphatic carbocycles. The van der Waals surface area contributed by atoms with E-state index in [0.717, 1.165) is 12.8 Å². The molecule has 0 bridgehead atoms. The molecule has 0 aromatic carbocycles. The number of amides is 1. The minimum atomic E-state index is 0.0106. The van der Waals surface area contributed by atoms with Crippen LogP contribution in [0, 0.1) is 0 Å². The summed E-state index contributed by atoms with van der Waals surface area (Å²) in [5, 5.41) is 3.44. The van der Waals surface area contributed by atoms with Crippen molar-refractivity contribution in [1.82, 2.24) is 15.3 Å². The molecule has 0 saturated heterocycles. The molecule has 6 nitrogen and oxygen atoms in total. The summed E-state index contributed by atoms with van der Waals surface area (Å²) < 4.78 is 0. The van der Waals surface area contributed by atoms with Gasteiger partial charge in [-0.1, -0.05) is 24.6 Å². The minimum absolute atomic E-state index is 0.0106. The zero-order valence-corrected chi connectivity index (χ0v) is 10.9. The number of aromatic nitrogens is 2. The molecule has 1 aromatic heterocycles. The summed E-state index contributed by atoms with van der Waals surface area (Å²) in [6.45, 7) is 0. The summed E-state index contributed by atoms with van der Waals surface area (Å²) in [5.74, 6) is 0.943.